The number of benzene rings is 1. The lowest BCUT2D eigenvalue weighted by atomic mass is 9.82. The summed E-state index contributed by atoms with van der Waals surface area (Å²) in [7, 11) is 1.92. The lowest BCUT2D eigenvalue weighted by Crippen LogP contribution is -2.42. The van der Waals surface area contributed by atoms with Gasteiger partial charge in [0.15, 0.2) is 0 Å². The average molecular weight is 407 g/mol. The van der Waals surface area contributed by atoms with Crippen molar-refractivity contribution in [3.8, 4) is 5.75 Å². The van der Waals surface area contributed by atoms with Crippen LogP contribution in [0.25, 0.3) is 0 Å². The van der Waals surface area contributed by atoms with Crippen molar-refractivity contribution >= 4 is 17.5 Å². The van der Waals surface area contributed by atoms with Gasteiger partial charge in [-0.1, -0.05) is 31.5 Å². The lowest BCUT2D eigenvalue weighted by molar-refractivity contribution is -0.132. The van der Waals surface area contributed by atoms with E-state index in [4.69, 9.17) is 16.3 Å². The number of ether oxygens (including phenoxy) is 1. The standard InChI is InChI=1S/C23H35ClN2O2/c1-16(2)10-23(27)25(4)14-18-11-21(12-18)28-20-8-7-19(22(24)13-20)15-26-9-5-6-17(26)3/h7-8,13,16-18,21H,5-6,9-12,14-15H2,1-4H3. The summed E-state index contributed by atoms with van der Waals surface area (Å²) in [5.74, 6) is 2.05. The maximum absolute atomic E-state index is 12.1. The van der Waals surface area contributed by atoms with Gasteiger partial charge in [0.05, 0.1) is 6.10 Å². The molecule has 156 valence electrons. The fourth-order valence-electron chi connectivity index (χ4n) is 4.28. The van der Waals surface area contributed by atoms with Gasteiger partial charge in [0.25, 0.3) is 0 Å². The Labute approximate surface area is 175 Å². The summed E-state index contributed by atoms with van der Waals surface area (Å²) in [4.78, 5) is 16.5. The van der Waals surface area contributed by atoms with Crippen LogP contribution < -0.4 is 4.74 Å². The van der Waals surface area contributed by atoms with E-state index in [9.17, 15) is 4.79 Å². The van der Waals surface area contributed by atoms with Gasteiger partial charge in [-0.15, -0.1) is 0 Å². The van der Waals surface area contributed by atoms with E-state index in [0.29, 0.717) is 24.3 Å². The number of hydrogen-bond acceptors (Lipinski definition) is 3. The Balaban J connectivity index is 1.43. The second-order valence-corrected chi connectivity index (χ2v) is 9.57. The molecule has 1 saturated carbocycles. The van der Waals surface area contributed by atoms with Crippen LogP contribution in [0.1, 0.15) is 58.4 Å². The number of amides is 1. The van der Waals surface area contributed by atoms with Crippen LogP contribution >= 0.6 is 11.6 Å². The number of hydrogen-bond donors (Lipinski definition) is 0. The van der Waals surface area contributed by atoms with Gasteiger partial charge in [0, 0.05) is 37.6 Å². The molecule has 1 aromatic carbocycles. The summed E-state index contributed by atoms with van der Waals surface area (Å²) in [6.45, 7) is 9.37. The highest BCUT2D eigenvalue weighted by molar-refractivity contribution is 6.31. The van der Waals surface area contributed by atoms with Gasteiger partial charge in [0.1, 0.15) is 5.75 Å². The van der Waals surface area contributed by atoms with Crippen LogP contribution in [0, 0.1) is 11.8 Å². The molecule has 1 heterocycles. The molecule has 4 nitrogen and oxygen atoms in total. The van der Waals surface area contributed by atoms with Crippen LogP contribution in [0.15, 0.2) is 18.2 Å². The van der Waals surface area contributed by atoms with Crippen molar-refractivity contribution in [3.05, 3.63) is 28.8 Å². The molecule has 2 fully saturated rings. The predicted octanol–water partition coefficient (Wildman–Crippen LogP) is 4.99. The third-order valence-electron chi connectivity index (χ3n) is 6.12. The van der Waals surface area contributed by atoms with Gasteiger partial charge < -0.3 is 9.64 Å². The van der Waals surface area contributed by atoms with Crippen molar-refractivity contribution in [2.75, 3.05) is 20.1 Å². The predicted molar refractivity (Wildman–Crippen MR) is 115 cm³/mol. The highest BCUT2D eigenvalue weighted by atomic mass is 35.5. The fraction of sp³-hybridized carbons (Fsp3) is 0.696. The SMILES string of the molecule is CC(C)CC(=O)N(C)CC1CC(Oc2ccc(CN3CCCC3C)c(Cl)c2)C1. The minimum Gasteiger partial charge on any atom is -0.490 e. The van der Waals surface area contributed by atoms with Crippen LogP contribution in [0.5, 0.6) is 5.75 Å². The second-order valence-electron chi connectivity index (χ2n) is 9.16. The number of nitrogens with zero attached hydrogens (tertiary/aromatic N) is 2. The Hall–Kier alpha value is -1.26. The molecule has 0 radical (unpaired) electrons. The van der Waals surface area contributed by atoms with Crippen LogP contribution in [0.3, 0.4) is 0 Å². The van der Waals surface area contributed by atoms with Crippen molar-refractivity contribution in [3.63, 3.8) is 0 Å². The number of likely N-dealkylation sites (tertiary alicyclic amines) is 1. The van der Waals surface area contributed by atoms with E-state index >= 15 is 0 Å². The highest BCUT2D eigenvalue weighted by Crippen LogP contribution is 2.34. The molecular formula is C23H35ClN2O2. The van der Waals surface area contributed by atoms with Gasteiger partial charge >= 0.3 is 0 Å². The van der Waals surface area contributed by atoms with Crippen LogP contribution in [-0.4, -0.2) is 48.0 Å². The van der Waals surface area contributed by atoms with Crippen LogP contribution in [-0.2, 0) is 11.3 Å². The zero-order chi connectivity index (χ0) is 20.3. The topological polar surface area (TPSA) is 32.8 Å². The largest absolute Gasteiger partial charge is 0.490 e. The lowest BCUT2D eigenvalue weighted by Gasteiger charge is -2.37. The molecule has 1 atom stereocenters. The normalized spacial score (nSPS) is 25.0. The molecule has 1 saturated heterocycles. The van der Waals surface area contributed by atoms with Gasteiger partial charge in [-0.2, -0.15) is 0 Å². The van der Waals surface area contributed by atoms with Crippen molar-refractivity contribution in [1.29, 1.82) is 0 Å². The molecular weight excluding hydrogens is 372 g/mol. The fourth-order valence-corrected chi connectivity index (χ4v) is 4.51. The van der Waals surface area contributed by atoms with E-state index in [-0.39, 0.29) is 12.0 Å². The number of halogens is 1. The number of carbonyl (C=O) groups excluding carboxylic acids is 1. The molecule has 1 aromatic rings. The second kappa shape index (κ2) is 9.49. The summed E-state index contributed by atoms with van der Waals surface area (Å²) < 4.78 is 6.11. The molecule has 1 aliphatic carbocycles. The van der Waals surface area contributed by atoms with Gasteiger partial charge in [0.2, 0.25) is 5.91 Å². The molecule has 0 bridgehead atoms. The summed E-state index contributed by atoms with van der Waals surface area (Å²) in [6.07, 6.45) is 5.43. The molecule has 0 aromatic heterocycles. The number of carbonyl (C=O) groups is 1. The molecule has 2 aliphatic rings. The zero-order valence-corrected chi connectivity index (χ0v) is 18.5. The molecule has 28 heavy (non-hydrogen) atoms. The molecule has 1 aliphatic heterocycles. The zero-order valence-electron chi connectivity index (χ0n) is 17.8. The Bertz CT molecular complexity index is 673. The maximum Gasteiger partial charge on any atom is 0.222 e. The maximum atomic E-state index is 12.1. The van der Waals surface area contributed by atoms with Crippen LogP contribution in [0.2, 0.25) is 5.02 Å². The third kappa shape index (κ3) is 5.64. The van der Waals surface area contributed by atoms with E-state index in [0.717, 1.165) is 43.2 Å². The van der Waals surface area contributed by atoms with Crippen molar-refractivity contribution in [2.24, 2.45) is 11.8 Å². The monoisotopic (exact) mass is 406 g/mol. The Morgan fingerprint density at radius 3 is 2.71 bits per heavy atom. The quantitative estimate of drug-likeness (QED) is 0.609. The van der Waals surface area contributed by atoms with Crippen molar-refractivity contribution in [2.45, 2.75) is 71.6 Å². The number of rotatable bonds is 8. The van der Waals surface area contributed by atoms with Crippen LogP contribution in [0.4, 0.5) is 0 Å². The first-order valence-corrected chi connectivity index (χ1v) is 11.1. The van der Waals surface area contributed by atoms with E-state index < -0.39 is 0 Å². The smallest absolute Gasteiger partial charge is 0.222 e. The van der Waals surface area contributed by atoms with E-state index in [1.54, 1.807) is 0 Å². The first-order chi connectivity index (χ1) is 13.3. The van der Waals surface area contributed by atoms with Crippen molar-refractivity contribution < 1.29 is 9.53 Å². The van der Waals surface area contributed by atoms with Crippen molar-refractivity contribution in [1.82, 2.24) is 9.80 Å². The minimum absolute atomic E-state index is 0.235. The van der Waals surface area contributed by atoms with E-state index in [2.05, 4.69) is 31.7 Å². The molecule has 1 amide bonds. The Morgan fingerprint density at radius 1 is 1.36 bits per heavy atom. The first-order valence-electron chi connectivity index (χ1n) is 10.7. The summed E-state index contributed by atoms with van der Waals surface area (Å²) in [5.41, 5.74) is 1.18. The highest BCUT2D eigenvalue weighted by Gasteiger charge is 2.32. The van der Waals surface area contributed by atoms with Gasteiger partial charge in [-0.25, -0.2) is 0 Å². The van der Waals surface area contributed by atoms with Gasteiger partial charge in [-0.05, 0) is 68.7 Å². The summed E-state index contributed by atoms with van der Waals surface area (Å²) in [6, 6.07) is 6.76. The molecule has 0 N–H and O–H groups in total. The average Bonchev–Trinajstić information content (AvgIpc) is 2.99. The van der Waals surface area contributed by atoms with Gasteiger partial charge in [-0.3, -0.25) is 9.69 Å². The van der Waals surface area contributed by atoms with E-state index in [1.165, 1.54) is 18.4 Å². The first kappa shape index (κ1) is 21.4. The summed E-state index contributed by atoms with van der Waals surface area (Å²) in [5, 5.41) is 0.798. The molecule has 0 spiro atoms. The third-order valence-corrected chi connectivity index (χ3v) is 6.48. The van der Waals surface area contributed by atoms with E-state index in [1.807, 2.05) is 24.1 Å². The Morgan fingerprint density at radius 2 is 2.11 bits per heavy atom. The molecule has 5 heteroatoms. The summed E-state index contributed by atoms with van der Waals surface area (Å²) >= 11 is 6.52. The minimum atomic E-state index is 0.235. The molecule has 3 rings (SSSR count). The Kier molecular flexibility index (Phi) is 7.27. The molecule has 1 unspecified atom stereocenters.